The molecule has 6 heteroatoms. The molecule has 0 atom stereocenters. The Morgan fingerprint density at radius 2 is 2.29 bits per heavy atom. The van der Waals surface area contributed by atoms with Gasteiger partial charge in [-0.15, -0.1) is 0 Å². The number of nitrogens with zero attached hydrogens (tertiary/aromatic N) is 3. The number of hydrogen-bond acceptors (Lipinski definition) is 3. The normalized spacial score (nSPS) is 9.88. The number of hydrogen-bond donors (Lipinski definition) is 1. The molecule has 0 bridgehead atoms. The van der Waals surface area contributed by atoms with Gasteiger partial charge in [-0.2, -0.15) is 5.26 Å². The van der Waals surface area contributed by atoms with E-state index in [9.17, 15) is 4.79 Å². The van der Waals surface area contributed by atoms with Crippen LogP contribution < -0.4 is 0 Å². The first-order chi connectivity index (χ1) is 8.15. The van der Waals surface area contributed by atoms with Crippen LogP contribution in [0.5, 0.6) is 0 Å². The molecule has 0 saturated carbocycles. The molecule has 1 N–H and O–H groups in total. The number of imidazole rings is 1. The lowest BCUT2D eigenvalue weighted by atomic mass is 10.1. The van der Waals surface area contributed by atoms with Crippen LogP contribution >= 0.6 is 11.6 Å². The van der Waals surface area contributed by atoms with Crippen molar-refractivity contribution in [2.45, 2.75) is 0 Å². The van der Waals surface area contributed by atoms with E-state index in [1.165, 1.54) is 23.0 Å². The van der Waals surface area contributed by atoms with Crippen molar-refractivity contribution in [3.63, 3.8) is 0 Å². The van der Waals surface area contributed by atoms with Crippen molar-refractivity contribution in [2.24, 2.45) is 0 Å². The number of benzene rings is 1. The van der Waals surface area contributed by atoms with E-state index in [-0.39, 0.29) is 16.4 Å². The summed E-state index contributed by atoms with van der Waals surface area (Å²) in [6.07, 6.45) is 2.93. The Balaban J connectivity index is 2.73. The predicted molar refractivity (Wildman–Crippen MR) is 60.2 cm³/mol. The van der Waals surface area contributed by atoms with Crippen LogP contribution in [0, 0.1) is 11.3 Å². The van der Waals surface area contributed by atoms with Crippen molar-refractivity contribution in [2.75, 3.05) is 0 Å². The van der Waals surface area contributed by atoms with Crippen molar-refractivity contribution < 1.29 is 9.90 Å². The van der Waals surface area contributed by atoms with E-state index in [1.807, 2.05) is 6.07 Å². The minimum Gasteiger partial charge on any atom is -0.478 e. The highest BCUT2D eigenvalue weighted by Crippen LogP contribution is 2.24. The van der Waals surface area contributed by atoms with Gasteiger partial charge in [-0.05, 0) is 12.1 Å². The van der Waals surface area contributed by atoms with Crippen molar-refractivity contribution >= 4 is 17.6 Å². The number of aromatic carboxylic acids is 1. The van der Waals surface area contributed by atoms with Gasteiger partial charge in [-0.25, -0.2) is 9.78 Å². The summed E-state index contributed by atoms with van der Waals surface area (Å²) in [6, 6.07) is 6.54. The zero-order valence-electron chi connectivity index (χ0n) is 8.46. The lowest BCUT2D eigenvalue weighted by Gasteiger charge is -2.08. The van der Waals surface area contributed by atoms with Crippen LogP contribution in [0.15, 0.2) is 30.6 Å². The second kappa shape index (κ2) is 4.28. The molecule has 0 aliphatic rings. The number of carboxylic acids is 1. The van der Waals surface area contributed by atoms with Crippen LogP contribution in [0.2, 0.25) is 5.02 Å². The summed E-state index contributed by atoms with van der Waals surface area (Å²) in [5.41, 5.74) is 0.266. The fraction of sp³-hybridized carbons (Fsp3) is 0. The molecular formula is C11H6ClN3O2. The first-order valence-corrected chi connectivity index (χ1v) is 4.98. The third-order valence-electron chi connectivity index (χ3n) is 2.21. The molecule has 5 nitrogen and oxygen atoms in total. The van der Waals surface area contributed by atoms with Crippen LogP contribution in [0.25, 0.3) is 5.69 Å². The summed E-state index contributed by atoms with van der Waals surface area (Å²) in [5, 5.41) is 18.1. The SMILES string of the molecule is N#Cc1nccn1-c1cccc(Cl)c1C(=O)O. The largest absolute Gasteiger partial charge is 0.478 e. The molecule has 0 aliphatic carbocycles. The highest BCUT2D eigenvalue weighted by atomic mass is 35.5. The first-order valence-electron chi connectivity index (χ1n) is 4.60. The lowest BCUT2D eigenvalue weighted by molar-refractivity contribution is 0.0697. The summed E-state index contributed by atoms with van der Waals surface area (Å²) < 4.78 is 1.38. The molecule has 84 valence electrons. The van der Waals surface area contributed by atoms with Crippen LogP contribution in [0.1, 0.15) is 16.2 Å². The molecule has 0 radical (unpaired) electrons. The topological polar surface area (TPSA) is 78.9 Å². The molecule has 2 rings (SSSR count). The molecule has 1 heterocycles. The van der Waals surface area contributed by atoms with Gasteiger partial charge in [0.05, 0.1) is 10.7 Å². The quantitative estimate of drug-likeness (QED) is 0.881. The zero-order chi connectivity index (χ0) is 12.4. The van der Waals surface area contributed by atoms with Gasteiger partial charge in [-0.3, -0.25) is 4.57 Å². The maximum atomic E-state index is 11.1. The van der Waals surface area contributed by atoms with Crippen molar-refractivity contribution in [1.29, 1.82) is 5.26 Å². The second-order valence-electron chi connectivity index (χ2n) is 3.17. The van der Waals surface area contributed by atoms with Crippen LogP contribution in [-0.2, 0) is 0 Å². The molecule has 17 heavy (non-hydrogen) atoms. The highest BCUT2D eigenvalue weighted by molar-refractivity contribution is 6.34. The van der Waals surface area contributed by atoms with Crippen molar-refractivity contribution in [1.82, 2.24) is 9.55 Å². The van der Waals surface area contributed by atoms with Gasteiger partial charge in [0.1, 0.15) is 11.6 Å². The molecule has 0 unspecified atom stereocenters. The Kier molecular flexibility index (Phi) is 2.81. The number of nitriles is 1. The molecule has 0 aliphatic heterocycles. The summed E-state index contributed by atoms with van der Waals surface area (Å²) in [5.74, 6) is -1.04. The summed E-state index contributed by atoms with van der Waals surface area (Å²) in [4.78, 5) is 14.9. The third-order valence-corrected chi connectivity index (χ3v) is 2.52. The predicted octanol–water partition coefficient (Wildman–Crippen LogP) is 2.10. The average molecular weight is 248 g/mol. The second-order valence-corrected chi connectivity index (χ2v) is 3.58. The number of aromatic nitrogens is 2. The molecule has 0 amide bonds. The van der Waals surface area contributed by atoms with Gasteiger partial charge in [0, 0.05) is 12.4 Å². The number of carbonyl (C=O) groups is 1. The average Bonchev–Trinajstić information content (AvgIpc) is 2.75. The molecule has 1 aromatic heterocycles. The van der Waals surface area contributed by atoms with Gasteiger partial charge in [0.25, 0.3) is 0 Å². The van der Waals surface area contributed by atoms with Gasteiger partial charge in [0.15, 0.2) is 0 Å². The maximum Gasteiger partial charge on any atom is 0.339 e. The number of halogens is 1. The van der Waals surface area contributed by atoms with Gasteiger partial charge < -0.3 is 5.11 Å². The number of carboxylic acid groups (broad SMARTS) is 1. The Bertz CT molecular complexity index is 628. The Labute approximate surface area is 102 Å². The van der Waals surface area contributed by atoms with Crippen molar-refractivity contribution in [3.8, 4) is 11.8 Å². The minimum absolute atomic E-state index is 0.0522. The summed E-state index contributed by atoms with van der Waals surface area (Å²) in [7, 11) is 0. The standard InChI is InChI=1S/C11H6ClN3O2/c12-7-2-1-3-8(10(7)11(16)17)15-5-4-14-9(15)6-13/h1-5H,(H,16,17). The van der Waals surface area contributed by atoms with E-state index in [1.54, 1.807) is 12.1 Å². The number of rotatable bonds is 2. The van der Waals surface area contributed by atoms with Crippen LogP contribution in [0.4, 0.5) is 0 Å². The van der Waals surface area contributed by atoms with Gasteiger partial charge in [-0.1, -0.05) is 17.7 Å². The summed E-state index contributed by atoms with van der Waals surface area (Å²) >= 11 is 5.84. The highest BCUT2D eigenvalue weighted by Gasteiger charge is 2.17. The smallest absolute Gasteiger partial charge is 0.339 e. The van der Waals surface area contributed by atoms with Crippen LogP contribution in [0.3, 0.4) is 0 Å². The Morgan fingerprint density at radius 3 is 2.94 bits per heavy atom. The lowest BCUT2D eigenvalue weighted by Crippen LogP contribution is -2.07. The third kappa shape index (κ3) is 1.86. The van der Waals surface area contributed by atoms with Crippen LogP contribution in [-0.4, -0.2) is 20.6 Å². The fourth-order valence-corrected chi connectivity index (χ4v) is 1.76. The van der Waals surface area contributed by atoms with E-state index in [4.69, 9.17) is 22.0 Å². The first kappa shape index (κ1) is 11.2. The molecule has 2 aromatic rings. The molecule has 0 fully saturated rings. The maximum absolute atomic E-state index is 11.1. The van der Waals surface area contributed by atoms with Crippen molar-refractivity contribution in [3.05, 3.63) is 47.0 Å². The monoisotopic (exact) mass is 247 g/mol. The molecule has 0 saturated heterocycles. The van der Waals surface area contributed by atoms with E-state index < -0.39 is 5.97 Å². The Morgan fingerprint density at radius 1 is 1.53 bits per heavy atom. The van der Waals surface area contributed by atoms with E-state index >= 15 is 0 Å². The fourth-order valence-electron chi connectivity index (χ4n) is 1.51. The Hall–Kier alpha value is -2.32. The molecule has 0 spiro atoms. The van der Waals surface area contributed by atoms with Gasteiger partial charge >= 0.3 is 5.97 Å². The zero-order valence-corrected chi connectivity index (χ0v) is 9.22. The molecule has 1 aromatic carbocycles. The van der Waals surface area contributed by atoms with E-state index in [2.05, 4.69) is 4.98 Å². The van der Waals surface area contributed by atoms with E-state index in [0.717, 1.165) is 0 Å². The van der Waals surface area contributed by atoms with E-state index in [0.29, 0.717) is 5.69 Å². The van der Waals surface area contributed by atoms with Gasteiger partial charge in [0.2, 0.25) is 5.82 Å². The minimum atomic E-state index is -1.15. The molecular weight excluding hydrogens is 242 g/mol. The summed E-state index contributed by atoms with van der Waals surface area (Å²) in [6.45, 7) is 0.